The summed E-state index contributed by atoms with van der Waals surface area (Å²) in [5.74, 6) is 0. The Bertz CT molecular complexity index is 128. The van der Waals surface area contributed by atoms with Crippen LogP contribution in [0.5, 0.6) is 0 Å². The Morgan fingerprint density at radius 3 is 2.45 bits per heavy atom. The van der Waals surface area contributed by atoms with Crippen molar-refractivity contribution in [3.63, 3.8) is 0 Å². The Morgan fingerprint density at radius 1 is 1.55 bits per heavy atom. The third-order valence-electron chi connectivity index (χ3n) is 2.07. The van der Waals surface area contributed by atoms with Crippen LogP contribution in [0.3, 0.4) is 0 Å². The Hall–Kier alpha value is -0.120. The van der Waals surface area contributed by atoms with E-state index in [0.717, 1.165) is 6.42 Å². The molecule has 2 N–H and O–H groups in total. The van der Waals surface area contributed by atoms with E-state index in [2.05, 4.69) is 4.90 Å². The van der Waals surface area contributed by atoms with E-state index in [-0.39, 0.29) is 6.10 Å². The lowest BCUT2D eigenvalue weighted by atomic mass is 9.96. The van der Waals surface area contributed by atoms with Gasteiger partial charge in [-0.05, 0) is 13.3 Å². The van der Waals surface area contributed by atoms with Crippen LogP contribution in [0.15, 0.2) is 0 Å². The van der Waals surface area contributed by atoms with Crippen molar-refractivity contribution < 1.29 is 10.2 Å². The van der Waals surface area contributed by atoms with E-state index in [9.17, 15) is 10.2 Å². The quantitative estimate of drug-likeness (QED) is 0.600. The molecule has 1 atom stereocenters. The van der Waals surface area contributed by atoms with Crippen molar-refractivity contribution in [1.82, 2.24) is 4.90 Å². The van der Waals surface area contributed by atoms with Crippen LogP contribution >= 0.6 is 0 Å². The second kappa shape index (κ2) is 3.09. The first-order valence-electron chi connectivity index (χ1n) is 4.16. The normalized spacial score (nSPS) is 26.2. The Morgan fingerprint density at radius 2 is 2.09 bits per heavy atom. The maximum absolute atomic E-state index is 9.35. The summed E-state index contributed by atoms with van der Waals surface area (Å²) < 4.78 is 0. The van der Waals surface area contributed by atoms with Crippen LogP contribution in [0.2, 0.25) is 0 Å². The molecule has 1 saturated heterocycles. The molecule has 3 nitrogen and oxygen atoms in total. The lowest BCUT2D eigenvalue weighted by Gasteiger charge is -2.44. The molecule has 0 saturated carbocycles. The van der Waals surface area contributed by atoms with Gasteiger partial charge in [0, 0.05) is 19.6 Å². The monoisotopic (exact) mass is 159 g/mol. The van der Waals surface area contributed by atoms with Gasteiger partial charge in [0.05, 0.1) is 11.7 Å². The molecule has 11 heavy (non-hydrogen) atoms. The number of hydrogen-bond acceptors (Lipinski definition) is 3. The third-order valence-corrected chi connectivity index (χ3v) is 2.07. The fourth-order valence-corrected chi connectivity index (χ4v) is 1.47. The summed E-state index contributed by atoms with van der Waals surface area (Å²) in [7, 11) is 0. The van der Waals surface area contributed by atoms with E-state index >= 15 is 0 Å². The van der Waals surface area contributed by atoms with Crippen molar-refractivity contribution in [2.45, 2.75) is 32.0 Å². The SMILES string of the molecule is CCC(O)CN1CC(C)(O)C1. The van der Waals surface area contributed by atoms with E-state index in [0.29, 0.717) is 19.6 Å². The highest BCUT2D eigenvalue weighted by molar-refractivity contribution is 4.91. The van der Waals surface area contributed by atoms with Crippen molar-refractivity contribution in [3.05, 3.63) is 0 Å². The van der Waals surface area contributed by atoms with Crippen molar-refractivity contribution in [3.8, 4) is 0 Å². The van der Waals surface area contributed by atoms with Crippen LogP contribution in [0.4, 0.5) is 0 Å². The fraction of sp³-hybridized carbons (Fsp3) is 1.00. The molecule has 0 amide bonds. The van der Waals surface area contributed by atoms with Gasteiger partial charge in [-0.1, -0.05) is 6.92 Å². The Kier molecular flexibility index (Phi) is 2.52. The summed E-state index contributed by atoms with van der Waals surface area (Å²) in [6.45, 7) is 5.88. The zero-order chi connectivity index (χ0) is 8.48. The predicted octanol–water partition coefficient (Wildman–Crippen LogP) is -0.176. The van der Waals surface area contributed by atoms with Crippen LogP contribution in [-0.4, -0.2) is 46.5 Å². The molecule has 3 heteroatoms. The zero-order valence-corrected chi connectivity index (χ0v) is 7.25. The van der Waals surface area contributed by atoms with Gasteiger partial charge in [-0.25, -0.2) is 0 Å². The molecule has 1 rings (SSSR count). The average Bonchev–Trinajstić information content (AvgIpc) is 1.83. The highest BCUT2D eigenvalue weighted by atomic mass is 16.3. The summed E-state index contributed by atoms with van der Waals surface area (Å²) in [5, 5.41) is 18.6. The molecule has 0 aromatic rings. The maximum atomic E-state index is 9.35. The highest BCUT2D eigenvalue weighted by Crippen LogP contribution is 2.19. The van der Waals surface area contributed by atoms with Crippen LogP contribution < -0.4 is 0 Å². The molecule has 1 fully saturated rings. The molecule has 66 valence electrons. The van der Waals surface area contributed by atoms with Crippen molar-refractivity contribution in [2.75, 3.05) is 19.6 Å². The van der Waals surface area contributed by atoms with Gasteiger partial charge >= 0.3 is 0 Å². The molecular weight excluding hydrogens is 142 g/mol. The predicted molar refractivity (Wildman–Crippen MR) is 43.4 cm³/mol. The van der Waals surface area contributed by atoms with Crippen LogP contribution in [0.25, 0.3) is 0 Å². The topological polar surface area (TPSA) is 43.7 Å². The molecule has 0 aliphatic carbocycles. The summed E-state index contributed by atoms with van der Waals surface area (Å²) in [6.07, 6.45) is 0.560. The molecule has 1 unspecified atom stereocenters. The highest BCUT2D eigenvalue weighted by Gasteiger charge is 2.36. The molecule has 0 spiro atoms. The van der Waals surface area contributed by atoms with E-state index in [1.807, 2.05) is 13.8 Å². The lowest BCUT2D eigenvalue weighted by Crippen LogP contribution is -2.61. The minimum Gasteiger partial charge on any atom is -0.392 e. The third kappa shape index (κ3) is 2.43. The molecule has 0 aromatic heterocycles. The first-order chi connectivity index (χ1) is 5.03. The minimum absolute atomic E-state index is 0.230. The molecule has 1 aliphatic rings. The summed E-state index contributed by atoms with van der Waals surface area (Å²) in [6, 6.07) is 0. The molecule has 0 radical (unpaired) electrons. The van der Waals surface area contributed by atoms with Gasteiger partial charge in [-0.2, -0.15) is 0 Å². The van der Waals surface area contributed by atoms with E-state index in [4.69, 9.17) is 0 Å². The fourth-order valence-electron chi connectivity index (χ4n) is 1.47. The van der Waals surface area contributed by atoms with Gasteiger partial charge in [-0.15, -0.1) is 0 Å². The maximum Gasteiger partial charge on any atom is 0.0872 e. The molecule has 1 aliphatic heterocycles. The van der Waals surface area contributed by atoms with Gasteiger partial charge in [0.25, 0.3) is 0 Å². The van der Waals surface area contributed by atoms with Gasteiger partial charge in [-0.3, -0.25) is 4.90 Å². The van der Waals surface area contributed by atoms with Crippen LogP contribution in [0, 0.1) is 0 Å². The second-order valence-corrected chi connectivity index (χ2v) is 3.73. The Balaban J connectivity index is 2.13. The van der Waals surface area contributed by atoms with Gasteiger partial charge in [0.2, 0.25) is 0 Å². The van der Waals surface area contributed by atoms with E-state index in [1.54, 1.807) is 0 Å². The number of aliphatic hydroxyl groups excluding tert-OH is 1. The van der Waals surface area contributed by atoms with Crippen molar-refractivity contribution in [2.24, 2.45) is 0 Å². The zero-order valence-electron chi connectivity index (χ0n) is 7.25. The van der Waals surface area contributed by atoms with Gasteiger partial charge < -0.3 is 10.2 Å². The van der Waals surface area contributed by atoms with E-state index < -0.39 is 5.60 Å². The van der Waals surface area contributed by atoms with Crippen LogP contribution in [-0.2, 0) is 0 Å². The van der Waals surface area contributed by atoms with E-state index in [1.165, 1.54) is 0 Å². The van der Waals surface area contributed by atoms with Gasteiger partial charge in [0.1, 0.15) is 0 Å². The summed E-state index contributed by atoms with van der Waals surface area (Å²) in [5.41, 5.74) is -0.506. The molecule has 0 aromatic carbocycles. The number of β-amino-alcohol motifs (C(OH)–C–C–N with tert-alkyl or cyclic N) is 2. The first-order valence-corrected chi connectivity index (χ1v) is 4.16. The van der Waals surface area contributed by atoms with Gasteiger partial charge in [0.15, 0.2) is 0 Å². The first kappa shape index (κ1) is 8.97. The Labute approximate surface area is 67.6 Å². The summed E-state index contributed by atoms with van der Waals surface area (Å²) >= 11 is 0. The number of rotatable bonds is 3. The minimum atomic E-state index is -0.506. The lowest BCUT2D eigenvalue weighted by molar-refractivity contribution is -0.0952. The van der Waals surface area contributed by atoms with Crippen molar-refractivity contribution >= 4 is 0 Å². The molecule has 1 heterocycles. The van der Waals surface area contributed by atoms with Crippen LogP contribution in [0.1, 0.15) is 20.3 Å². The number of likely N-dealkylation sites (tertiary alicyclic amines) is 1. The number of hydrogen-bond donors (Lipinski definition) is 2. The second-order valence-electron chi connectivity index (χ2n) is 3.73. The average molecular weight is 159 g/mol. The standard InChI is InChI=1S/C8H17NO2/c1-3-7(10)4-9-5-8(2,11)6-9/h7,10-11H,3-6H2,1-2H3. The molecular formula is C8H17NO2. The van der Waals surface area contributed by atoms with Crippen molar-refractivity contribution in [1.29, 1.82) is 0 Å². The smallest absolute Gasteiger partial charge is 0.0872 e. The largest absolute Gasteiger partial charge is 0.392 e. The summed E-state index contributed by atoms with van der Waals surface area (Å²) in [4.78, 5) is 2.06. The number of nitrogens with zero attached hydrogens (tertiary/aromatic N) is 1. The number of aliphatic hydroxyl groups is 2. The molecule has 0 bridgehead atoms.